The Morgan fingerprint density at radius 2 is 2.00 bits per heavy atom. The van der Waals surface area contributed by atoms with Gasteiger partial charge in [-0.3, -0.25) is 9.69 Å². The SMILES string of the molecule is Cc1cc(C(=O)CN2CCS(=O)(=O)C[C@@H]2C)c(C)n1C1CC1. The summed E-state index contributed by atoms with van der Waals surface area (Å²) in [6.07, 6.45) is 2.40. The molecule has 2 heterocycles. The van der Waals surface area contributed by atoms with Gasteiger partial charge in [0.2, 0.25) is 0 Å². The van der Waals surface area contributed by atoms with Gasteiger partial charge in [-0.15, -0.1) is 0 Å². The van der Waals surface area contributed by atoms with Gasteiger partial charge in [-0.1, -0.05) is 0 Å². The zero-order chi connectivity index (χ0) is 16.1. The van der Waals surface area contributed by atoms with Crippen LogP contribution in [0.5, 0.6) is 0 Å². The van der Waals surface area contributed by atoms with E-state index in [1.807, 2.05) is 24.8 Å². The van der Waals surface area contributed by atoms with Crippen LogP contribution in [0, 0.1) is 13.8 Å². The Morgan fingerprint density at radius 1 is 1.32 bits per heavy atom. The van der Waals surface area contributed by atoms with Crippen LogP contribution in [-0.2, 0) is 9.84 Å². The summed E-state index contributed by atoms with van der Waals surface area (Å²) in [5.41, 5.74) is 3.00. The van der Waals surface area contributed by atoms with Crippen molar-refractivity contribution in [3.8, 4) is 0 Å². The summed E-state index contributed by atoms with van der Waals surface area (Å²) in [5.74, 6) is 0.416. The third kappa shape index (κ3) is 2.99. The molecule has 3 rings (SSSR count). The predicted octanol–water partition coefficient (Wildman–Crippen LogP) is 1.74. The van der Waals surface area contributed by atoms with Crippen LogP contribution >= 0.6 is 0 Å². The molecule has 0 aromatic carbocycles. The minimum absolute atomic E-state index is 0.0883. The van der Waals surface area contributed by atoms with E-state index in [0.717, 1.165) is 17.0 Å². The van der Waals surface area contributed by atoms with Gasteiger partial charge < -0.3 is 4.57 Å². The highest BCUT2D eigenvalue weighted by atomic mass is 32.2. The Labute approximate surface area is 132 Å². The Kier molecular flexibility index (Phi) is 3.93. The lowest BCUT2D eigenvalue weighted by Gasteiger charge is -2.32. The number of hydrogen-bond donors (Lipinski definition) is 0. The van der Waals surface area contributed by atoms with E-state index in [0.29, 0.717) is 19.1 Å². The van der Waals surface area contributed by atoms with Gasteiger partial charge in [0.05, 0.1) is 18.1 Å². The highest BCUT2D eigenvalue weighted by Gasteiger charge is 2.31. The highest BCUT2D eigenvalue weighted by molar-refractivity contribution is 7.91. The maximum Gasteiger partial charge on any atom is 0.178 e. The molecule has 1 aromatic heterocycles. The molecule has 1 saturated heterocycles. The van der Waals surface area contributed by atoms with E-state index in [9.17, 15) is 13.2 Å². The van der Waals surface area contributed by atoms with Crippen molar-refractivity contribution < 1.29 is 13.2 Å². The van der Waals surface area contributed by atoms with Crippen molar-refractivity contribution in [3.05, 3.63) is 23.0 Å². The number of sulfone groups is 1. The average molecular weight is 324 g/mol. The summed E-state index contributed by atoms with van der Waals surface area (Å²) in [5, 5.41) is 0. The molecular formula is C16H24N2O3S. The Morgan fingerprint density at radius 3 is 2.59 bits per heavy atom. The fraction of sp³-hybridized carbons (Fsp3) is 0.688. The van der Waals surface area contributed by atoms with Crippen molar-refractivity contribution in [2.75, 3.05) is 24.6 Å². The molecule has 122 valence electrons. The van der Waals surface area contributed by atoms with Crippen LogP contribution in [0.4, 0.5) is 0 Å². The summed E-state index contributed by atoms with van der Waals surface area (Å²) < 4.78 is 25.5. The molecule has 2 fully saturated rings. The molecule has 0 radical (unpaired) electrons. The first kappa shape index (κ1) is 15.7. The first-order valence-electron chi connectivity index (χ1n) is 7.94. The summed E-state index contributed by atoms with van der Waals surface area (Å²) in [6, 6.07) is 2.47. The summed E-state index contributed by atoms with van der Waals surface area (Å²) in [6.45, 7) is 6.72. The van der Waals surface area contributed by atoms with Gasteiger partial charge in [-0.05, 0) is 39.7 Å². The quantitative estimate of drug-likeness (QED) is 0.792. The van der Waals surface area contributed by atoms with Gasteiger partial charge in [0.15, 0.2) is 15.6 Å². The lowest BCUT2D eigenvalue weighted by Crippen LogP contribution is -2.48. The van der Waals surface area contributed by atoms with Crippen molar-refractivity contribution in [3.63, 3.8) is 0 Å². The molecule has 0 unspecified atom stereocenters. The number of aryl methyl sites for hydroxylation is 1. The number of carbonyl (C=O) groups is 1. The lowest BCUT2D eigenvalue weighted by molar-refractivity contribution is 0.0908. The van der Waals surface area contributed by atoms with Gasteiger partial charge in [0, 0.05) is 35.6 Å². The van der Waals surface area contributed by atoms with Crippen molar-refractivity contribution in [1.82, 2.24) is 9.47 Å². The van der Waals surface area contributed by atoms with E-state index in [2.05, 4.69) is 11.5 Å². The number of nitrogens with zero attached hydrogens (tertiary/aromatic N) is 2. The second kappa shape index (κ2) is 5.49. The first-order chi connectivity index (χ1) is 10.3. The minimum Gasteiger partial charge on any atom is -0.345 e. The second-order valence-corrected chi connectivity index (χ2v) is 8.97. The van der Waals surface area contributed by atoms with Gasteiger partial charge in [-0.2, -0.15) is 0 Å². The van der Waals surface area contributed by atoms with E-state index < -0.39 is 9.84 Å². The van der Waals surface area contributed by atoms with E-state index >= 15 is 0 Å². The van der Waals surface area contributed by atoms with Gasteiger partial charge in [0.25, 0.3) is 0 Å². The fourth-order valence-electron chi connectivity index (χ4n) is 3.49. The van der Waals surface area contributed by atoms with Gasteiger partial charge >= 0.3 is 0 Å². The normalized spacial score (nSPS) is 25.3. The molecule has 0 N–H and O–H groups in total. The maximum atomic E-state index is 12.6. The van der Waals surface area contributed by atoms with Crippen LogP contribution in [0.15, 0.2) is 6.07 Å². The topological polar surface area (TPSA) is 59.4 Å². The molecule has 1 atom stereocenters. The third-order valence-electron chi connectivity index (χ3n) is 4.85. The maximum absolute atomic E-state index is 12.6. The van der Waals surface area contributed by atoms with E-state index in [4.69, 9.17) is 0 Å². The van der Waals surface area contributed by atoms with Crippen molar-refractivity contribution in [1.29, 1.82) is 0 Å². The number of ketones is 1. The molecule has 0 spiro atoms. The van der Waals surface area contributed by atoms with Crippen LogP contribution in [0.3, 0.4) is 0 Å². The van der Waals surface area contributed by atoms with E-state index in [1.54, 1.807) is 0 Å². The summed E-state index contributed by atoms with van der Waals surface area (Å²) in [4.78, 5) is 14.6. The second-order valence-electron chi connectivity index (χ2n) is 6.74. The molecule has 0 bridgehead atoms. The average Bonchev–Trinajstić information content (AvgIpc) is 3.19. The van der Waals surface area contributed by atoms with Crippen LogP contribution in [-0.4, -0.2) is 54.3 Å². The molecule has 22 heavy (non-hydrogen) atoms. The minimum atomic E-state index is -2.94. The lowest BCUT2D eigenvalue weighted by atomic mass is 10.1. The molecule has 1 aliphatic heterocycles. The van der Waals surface area contributed by atoms with Crippen molar-refractivity contribution in [2.24, 2.45) is 0 Å². The largest absolute Gasteiger partial charge is 0.345 e. The van der Waals surface area contributed by atoms with Crippen molar-refractivity contribution >= 4 is 15.6 Å². The van der Waals surface area contributed by atoms with Crippen LogP contribution in [0.2, 0.25) is 0 Å². The Balaban J connectivity index is 1.74. The predicted molar refractivity (Wildman–Crippen MR) is 86.2 cm³/mol. The number of hydrogen-bond acceptors (Lipinski definition) is 4. The van der Waals surface area contributed by atoms with Crippen LogP contribution in [0.1, 0.15) is 47.6 Å². The van der Waals surface area contributed by atoms with Crippen LogP contribution < -0.4 is 0 Å². The van der Waals surface area contributed by atoms with Gasteiger partial charge in [0.1, 0.15) is 0 Å². The zero-order valence-corrected chi connectivity index (χ0v) is 14.3. The monoisotopic (exact) mass is 324 g/mol. The zero-order valence-electron chi connectivity index (χ0n) is 13.5. The Bertz CT molecular complexity index is 701. The van der Waals surface area contributed by atoms with E-state index in [-0.39, 0.29) is 23.3 Å². The molecular weight excluding hydrogens is 300 g/mol. The molecule has 1 aliphatic carbocycles. The number of Topliss-reactive ketones (excluding diaryl/α,β-unsaturated/α-hetero) is 1. The molecule has 6 heteroatoms. The standard InChI is InChI=1S/C16H24N2O3S/c1-11-8-15(13(3)18(11)14-4-5-14)16(19)9-17-6-7-22(20,21)10-12(17)2/h8,12,14H,4-7,9-10H2,1-3H3/t12-/m0/s1. The Hall–Kier alpha value is -1.14. The number of rotatable bonds is 4. The first-order valence-corrected chi connectivity index (χ1v) is 9.77. The van der Waals surface area contributed by atoms with Gasteiger partial charge in [-0.25, -0.2) is 8.42 Å². The highest BCUT2D eigenvalue weighted by Crippen LogP contribution is 2.38. The molecule has 5 nitrogen and oxygen atoms in total. The third-order valence-corrected chi connectivity index (χ3v) is 6.65. The molecule has 1 saturated carbocycles. The summed E-state index contributed by atoms with van der Waals surface area (Å²) >= 11 is 0. The van der Waals surface area contributed by atoms with Crippen molar-refractivity contribution in [2.45, 2.75) is 45.7 Å². The fourth-order valence-corrected chi connectivity index (χ4v) is 5.12. The summed E-state index contributed by atoms with van der Waals surface area (Å²) in [7, 11) is -2.94. The number of carbonyl (C=O) groups excluding carboxylic acids is 1. The molecule has 0 amide bonds. The smallest absolute Gasteiger partial charge is 0.178 e. The number of aromatic nitrogens is 1. The van der Waals surface area contributed by atoms with E-state index in [1.165, 1.54) is 12.8 Å². The molecule has 2 aliphatic rings. The van der Waals surface area contributed by atoms with Crippen LogP contribution in [0.25, 0.3) is 0 Å². The molecule has 1 aromatic rings.